The molecule has 3 nitrogen and oxygen atoms in total. The molecule has 0 amide bonds. The molecular weight excluding hydrogens is 173 g/mol. The van der Waals surface area contributed by atoms with E-state index < -0.39 is 15.6 Å². The minimum absolute atomic E-state index is 0. The number of rotatable bonds is 0. The standard InChI is InChI=1S/CHF3O3S.Mg/c2-1(3,4)8(5,6)7;/h(H,5,6,7);. The molecule has 0 saturated carbocycles. The lowest BCUT2D eigenvalue weighted by molar-refractivity contribution is -0.0510. The summed E-state index contributed by atoms with van der Waals surface area (Å²) in [6.45, 7) is 0. The minimum Gasteiger partial charge on any atom is -0.279 e. The monoisotopic (exact) mass is 174 g/mol. The highest BCUT2D eigenvalue weighted by Crippen LogP contribution is 2.20. The van der Waals surface area contributed by atoms with Gasteiger partial charge in [0.25, 0.3) is 0 Å². The molecule has 9 heavy (non-hydrogen) atoms. The summed E-state index contributed by atoms with van der Waals surface area (Å²) < 4.78 is 57.5. The average Bonchev–Trinajstić information content (AvgIpc) is 1.25. The second-order valence-electron chi connectivity index (χ2n) is 0.921. The van der Waals surface area contributed by atoms with Gasteiger partial charge in [-0.05, 0) is 0 Å². The molecule has 0 heterocycles. The molecule has 52 valence electrons. The Labute approximate surface area is 65.1 Å². The fourth-order valence-electron chi connectivity index (χ4n) is 0. The van der Waals surface area contributed by atoms with Crippen LogP contribution in [0.1, 0.15) is 0 Å². The third-order valence-electron chi connectivity index (χ3n) is 0.292. The van der Waals surface area contributed by atoms with Gasteiger partial charge >= 0.3 is 15.6 Å². The SMILES string of the molecule is O=S(=O)(O)C(F)(F)F.[Mg]. The first-order chi connectivity index (χ1) is 3.25. The van der Waals surface area contributed by atoms with Crippen LogP contribution < -0.4 is 0 Å². The zero-order valence-corrected chi connectivity index (χ0v) is 6.24. The van der Waals surface area contributed by atoms with Gasteiger partial charge in [0.1, 0.15) is 0 Å². The molecule has 2 radical (unpaired) electrons. The molecule has 8 heteroatoms. The fourth-order valence-corrected chi connectivity index (χ4v) is 0. The Morgan fingerprint density at radius 3 is 1.33 bits per heavy atom. The number of alkyl halides is 3. The van der Waals surface area contributed by atoms with Crippen molar-refractivity contribution in [3.8, 4) is 0 Å². The van der Waals surface area contributed by atoms with E-state index in [1.54, 1.807) is 0 Å². The lowest BCUT2D eigenvalue weighted by Gasteiger charge is -1.97. The highest BCUT2D eigenvalue weighted by molar-refractivity contribution is 7.86. The largest absolute Gasteiger partial charge is 0.522 e. The van der Waals surface area contributed by atoms with Crippen LogP contribution in [0.15, 0.2) is 0 Å². The van der Waals surface area contributed by atoms with Crippen molar-refractivity contribution in [3.05, 3.63) is 0 Å². The van der Waals surface area contributed by atoms with Crippen LogP contribution in [0.3, 0.4) is 0 Å². The topological polar surface area (TPSA) is 54.4 Å². The van der Waals surface area contributed by atoms with E-state index in [0.29, 0.717) is 0 Å². The minimum atomic E-state index is -5.84. The molecule has 0 fully saturated rings. The molecule has 0 bridgehead atoms. The summed E-state index contributed by atoms with van der Waals surface area (Å²) in [5, 5.41) is 0. The molecule has 0 aliphatic heterocycles. The van der Waals surface area contributed by atoms with E-state index in [2.05, 4.69) is 0 Å². The highest BCUT2D eigenvalue weighted by Gasteiger charge is 2.44. The van der Waals surface area contributed by atoms with E-state index in [-0.39, 0.29) is 23.1 Å². The molecule has 0 aromatic heterocycles. The Morgan fingerprint density at radius 1 is 1.22 bits per heavy atom. The summed E-state index contributed by atoms with van der Waals surface area (Å²) in [4.78, 5) is 0. The van der Waals surface area contributed by atoms with E-state index in [9.17, 15) is 13.2 Å². The first kappa shape index (κ1) is 12.2. The molecule has 0 rings (SSSR count). The van der Waals surface area contributed by atoms with Gasteiger partial charge in [0.15, 0.2) is 0 Å². The van der Waals surface area contributed by atoms with Crippen LogP contribution in [-0.4, -0.2) is 41.5 Å². The molecule has 0 aromatic rings. The van der Waals surface area contributed by atoms with E-state index in [4.69, 9.17) is 13.0 Å². The Bertz CT molecular complexity index is 168. The van der Waals surface area contributed by atoms with Crippen molar-refractivity contribution in [1.29, 1.82) is 0 Å². The summed E-state index contributed by atoms with van der Waals surface area (Å²) in [5.74, 6) is 0. The molecule has 1 N–H and O–H groups in total. The zero-order valence-electron chi connectivity index (χ0n) is 4.01. The fraction of sp³-hybridized carbons (Fsp3) is 1.00. The summed E-state index contributed by atoms with van der Waals surface area (Å²) in [6, 6.07) is 0. The quantitative estimate of drug-likeness (QED) is 0.320. The maximum Gasteiger partial charge on any atom is 0.522 e. The predicted molar refractivity (Wildman–Crippen MR) is 23.4 cm³/mol. The summed E-state index contributed by atoms with van der Waals surface area (Å²) in [7, 11) is -5.84. The third-order valence-corrected chi connectivity index (χ3v) is 0.877. The van der Waals surface area contributed by atoms with Crippen molar-refractivity contribution in [2.45, 2.75) is 5.51 Å². The number of halogens is 3. The van der Waals surface area contributed by atoms with Crippen molar-refractivity contribution in [3.63, 3.8) is 0 Å². The van der Waals surface area contributed by atoms with E-state index in [0.717, 1.165) is 0 Å². The van der Waals surface area contributed by atoms with E-state index in [1.165, 1.54) is 0 Å². The van der Waals surface area contributed by atoms with Crippen LogP contribution in [0, 0.1) is 0 Å². The molecule has 0 aliphatic carbocycles. The first-order valence-electron chi connectivity index (χ1n) is 1.29. The maximum absolute atomic E-state index is 10.7. The van der Waals surface area contributed by atoms with Crippen molar-refractivity contribution >= 4 is 33.2 Å². The second-order valence-corrected chi connectivity index (χ2v) is 2.33. The predicted octanol–water partition coefficient (Wildman–Crippen LogP) is 0.0132. The Balaban J connectivity index is 0. The molecular formula is CHF3MgO3S. The Hall–Kier alpha value is 0.466. The first-order valence-corrected chi connectivity index (χ1v) is 2.73. The average molecular weight is 174 g/mol. The molecule has 0 saturated heterocycles. The maximum atomic E-state index is 10.7. The van der Waals surface area contributed by atoms with Crippen LogP contribution in [-0.2, 0) is 10.1 Å². The van der Waals surface area contributed by atoms with E-state index >= 15 is 0 Å². The number of hydrogen-bond donors (Lipinski definition) is 1. The van der Waals surface area contributed by atoms with Gasteiger partial charge in [-0.2, -0.15) is 21.6 Å². The van der Waals surface area contributed by atoms with Crippen molar-refractivity contribution in [2.75, 3.05) is 0 Å². The molecule has 0 aliphatic rings. The van der Waals surface area contributed by atoms with Crippen LogP contribution in [0.4, 0.5) is 13.2 Å². The zero-order chi connectivity index (χ0) is 7.00. The van der Waals surface area contributed by atoms with Crippen LogP contribution in [0.5, 0.6) is 0 Å². The van der Waals surface area contributed by atoms with Crippen LogP contribution in [0.2, 0.25) is 0 Å². The van der Waals surface area contributed by atoms with Gasteiger partial charge in [-0.15, -0.1) is 0 Å². The summed E-state index contributed by atoms with van der Waals surface area (Å²) in [6.07, 6.45) is 0. The molecule has 0 aromatic carbocycles. The van der Waals surface area contributed by atoms with Gasteiger partial charge in [-0.3, -0.25) is 4.55 Å². The van der Waals surface area contributed by atoms with Gasteiger partial charge in [-0.25, -0.2) is 0 Å². The Morgan fingerprint density at radius 2 is 1.33 bits per heavy atom. The molecule has 0 unspecified atom stereocenters. The van der Waals surface area contributed by atoms with E-state index in [1.807, 2.05) is 0 Å². The number of hydrogen-bond acceptors (Lipinski definition) is 2. The molecule has 0 spiro atoms. The van der Waals surface area contributed by atoms with Crippen LogP contribution >= 0.6 is 0 Å². The summed E-state index contributed by atoms with van der Waals surface area (Å²) in [5.41, 5.74) is -5.53. The van der Waals surface area contributed by atoms with Crippen LogP contribution in [0.25, 0.3) is 0 Å². The second kappa shape index (κ2) is 3.04. The smallest absolute Gasteiger partial charge is 0.279 e. The van der Waals surface area contributed by atoms with Crippen molar-refractivity contribution < 1.29 is 26.1 Å². The van der Waals surface area contributed by atoms with Gasteiger partial charge in [0, 0.05) is 23.1 Å². The van der Waals surface area contributed by atoms with Gasteiger partial charge in [0.05, 0.1) is 0 Å². The summed E-state index contributed by atoms with van der Waals surface area (Å²) >= 11 is 0. The van der Waals surface area contributed by atoms with Crippen molar-refractivity contribution in [2.24, 2.45) is 0 Å². The normalized spacial score (nSPS) is 12.4. The Kier molecular flexibility index (Phi) is 4.11. The van der Waals surface area contributed by atoms with Crippen molar-refractivity contribution in [1.82, 2.24) is 0 Å². The lowest BCUT2D eigenvalue weighted by Crippen LogP contribution is -2.21. The van der Waals surface area contributed by atoms with Gasteiger partial charge in [-0.1, -0.05) is 0 Å². The highest BCUT2D eigenvalue weighted by atomic mass is 32.2. The third kappa shape index (κ3) is 3.95. The molecule has 0 atom stereocenters. The lowest BCUT2D eigenvalue weighted by atomic mass is 11.6. The van der Waals surface area contributed by atoms with Gasteiger partial charge < -0.3 is 0 Å². The van der Waals surface area contributed by atoms with Gasteiger partial charge in [0.2, 0.25) is 0 Å².